The Kier molecular flexibility index (Phi) is 3.74. The highest BCUT2D eigenvalue weighted by Crippen LogP contribution is 2.38. The molecule has 1 saturated carbocycles. The largest absolute Gasteiger partial charge is 0.285 e. The summed E-state index contributed by atoms with van der Waals surface area (Å²) in [6, 6.07) is 6.13. The van der Waals surface area contributed by atoms with E-state index in [2.05, 4.69) is 28.7 Å². The van der Waals surface area contributed by atoms with Gasteiger partial charge in [0.1, 0.15) is 0 Å². The Morgan fingerprint density at radius 1 is 1.50 bits per heavy atom. The molecule has 1 aliphatic carbocycles. The number of carbonyl (C=O) groups excluding carboxylic acids is 1. The predicted octanol–water partition coefficient (Wildman–Crippen LogP) is 2.37. The summed E-state index contributed by atoms with van der Waals surface area (Å²) in [7, 11) is 0. The SMILES string of the molecule is O=CCl.c1ccc(C2CC2)nc1. The Morgan fingerprint density at radius 2 is 2.17 bits per heavy atom. The van der Waals surface area contributed by atoms with Gasteiger partial charge in [-0.05, 0) is 36.6 Å². The summed E-state index contributed by atoms with van der Waals surface area (Å²) in [4.78, 5) is 12.8. The molecule has 2 rings (SSSR count). The molecule has 0 bridgehead atoms. The van der Waals surface area contributed by atoms with Crippen LogP contribution < -0.4 is 0 Å². The molecule has 0 radical (unpaired) electrons. The molecule has 3 heteroatoms. The predicted molar refractivity (Wildman–Crippen MR) is 48.8 cm³/mol. The van der Waals surface area contributed by atoms with E-state index in [-0.39, 0.29) is 5.75 Å². The highest BCUT2D eigenvalue weighted by molar-refractivity contribution is 6.54. The van der Waals surface area contributed by atoms with Crippen molar-refractivity contribution in [1.29, 1.82) is 0 Å². The number of rotatable bonds is 1. The summed E-state index contributed by atoms with van der Waals surface area (Å²) in [6.45, 7) is 0. The third-order valence-corrected chi connectivity index (χ3v) is 1.68. The number of hydrogen-bond acceptors (Lipinski definition) is 2. The van der Waals surface area contributed by atoms with E-state index in [0.717, 1.165) is 5.92 Å². The summed E-state index contributed by atoms with van der Waals surface area (Å²) in [6.07, 6.45) is 4.56. The van der Waals surface area contributed by atoms with E-state index in [4.69, 9.17) is 4.79 Å². The monoisotopic (exact) mass is 183 g/mol. The molecule has 1 aliphatic rings. The van der Waals surface area contributed by atoms with Crippen LogP contribution in [0.15, 0.2) is 24.4 Å². The average molecular weight is 184 g/mol. The highest BCUT2D eigenvalue weighted by atomic mass is 35.5. The fourth-order valence-electron chi connectivity index (χ4n) is 0.997. The van der Waals surface area contributed by atoms with Crippen LogP contribution >= 0.6 is 11.6 Å². The normalized spacial score (nSPS) is 14.4. The quantitative estimate of drug-likeness (QED) is 0.494. The number of carbonyl (C=O) groups is 1. The Labute approximate surface area is 76.6 Å². The first-order valence-electron chi connectivity index (χ1n) is 3.83. The minimum Gasteiger partial charge on any atom is -0.285 e. The van der Waals surface area contributed by atoms with Crippen LogP contribution in [0.25, 0.3) is 0 Å². The summed E-state index contributed by atoms with van der Waals surface area (Å²) in [5.74, 6) is 1.02. The molecule has 0 saturated heterocycles. The van der Waals surface area contributed by atoms with Crippen LogP contribution in [0, 0.1) is 0 Å². The number of hydrogen-bond donors (Lipinski definition) is 0. The van der Waals surface area contributed by atoms with Gasteiger partial charge in [0.05, 0.1) is 0 Å². The van der Waals surface area contributed by atoms with Crippen LogP contribution in [0.2, 0.25) is 0 Å². The number of pyridine rings is 1. The molecule has 2 nitrogen and oxygen atoms in total. The second-order valence-corrected chi connectivity index (χ2v) is 2.80. The molecule has 1 fully saturated rings. The first-order chi connectivity index (χ1) is 5.88. The Bertz CT molecular complexity index is 234. The summed E-state index contributed by atoms with van der Waals surface area (Å²) in [5, 5.41) is 0. The van der Waals surface area contributed by atoms with Crippen LogP contribution in [0.4, 0.5) is 0 Å². The number of aromatic nitrogens is 1. The maximum Gasteiger partial charge on any atom is 0.208 e. The van der Waals surface area contributed by atoms with Crippen LogP contribution in [-0.4, -0.2) is 10.7 Å². The summed E-state index contributed by atoms with van der Waals surface area (Å²) < 4.78 is 0. The van der Waals surface area contributed by atoms with Gasteiger partial charge in [-0.25, -0.2) is 0 Å². The molecule has 1 aromatic rings. The molecule has 0 unspecified atom stereocenters. The molecule has 0 N–H and O–H groups in total. The van der Waals surface area contributed by atoms with Gasteiger partial charge in [0, 0.05) is 17.8 Å². The number of nitrogens with zero attached hydrogens (tertiary/aromatic N) is 1. The van der Waals surface area contributed by atoms with Gasteiger partial charge < -0.3 is 0 Å². The van der Waals surface area contributed by atoms with Crippen LogP contribution in [0.5, 0.6) is 0 Å². The van der Waals surface area contributed by atoms with Crippen molar-refractivity contribution >= 4 is 17.3 Å². The smallest absolute Gasteiger partial charge is 0.208 e. The van der Waals surface area contributed by atoms with Crippen LogP contribution in [-0.2, 0) is 4.79 Å². The van der Waals surface area contributed by atoms with Gasteiger partial charge in [-0.2, -0.15) is 0 Å². The van der Waals surface area contributed by atoms with Crippen molar-refractivity contribution in [2.75, 3.05) is 0 Å². The molecule has 0 atom stereocenters. The fourth-order valence-corrected chi connectivity index (χ4v) is 0.997. The van der Waals surface area contributed by atoms with Crippen molar-refractivity contribution in [3.05, 3.63) is 30.1 Å². The lowest BCUT2D eigenvalue weighted by Crippen LogP contribution is -1.81. The Hall–Kier alpha value is -0.890. The third kappa shape index (κ3) is 3.01. The highest BCUT2D eigenvalue weighted by Gasteiger charge is 2.23. The molecular formula is C9H10ClNO. The summed E-state index contributed by atoms with van der Waals surface area (Å²) >= 11 is 4.32. The van der Waals surface area contributed by atoms with Gasteiger partial charge in [-0.15, -0.1) is 0 Å². The molecule has 1 heterocycles. The Balaban J connectivity index is 0.000000213. The van der Waals surface area contributed by atoms with Gasteiger partial charge in [0.25, 0.3) is 0 Å². The maximum absolute atomic E-state index is 8.57. The van der Waals surface area contributed by atoms with E-state index >= 15 is 0 Å². The van der Waals surface area contributed by atoms with Gasteiger partial charge in [-0.3, -0.25) is 9.78 Å². The van der Waals surface area contributed by atoms with Gasteiger partial charge in [0.2, 0.25) is 5.75 Å². The molecule has 0 aromatic carbocycles. The van der Waals surface area contributed by atoms with Crippen molar-refractivity contribution in [3.63, 3.8) is 0 Å². The van der Waals surface area contributed by atoms with E-state index < -0.39 is 0 Å². The minimum atomic E-state index is 0.222. The molecule has 0 amide bonds. The lowest BCUT2D eigenvalue weighted by molar-refractivity contribution is 0.569. The first kappa shape index (κ1) is 9.20. The van der Waals surface area contributed by atoms with Gasteiger partial charge in [-0.1, -0.05) is 6.07 Å². The van der Waals surface area contributed by atoms with Crippen LogP contribution in [0.1, 0.15) is 24.5 Å². The van der Waals surface area contributed by atoms with Crippen LogP contribution in [0.3, 0.4) is 0 Å². The van der Waals surface area contributed by atoms with E-state index in [0.29, 0.717) is 0 Å². The fraction of sp³-hybridized carbons (Fsp3) is 0.333. The molecule has 0 spiro atoms. The zero-order valence-corrected chi connectivity index (χ0v) is 7.37. The van der Waals surface area contributed by atoms with Crippen molar-refractivity contribution in [3.8, 4) is 0 Å². The molecule has 12 heavy (non-hydrogen) atoms. The third-order valence-electron chi connectivity index (χ3n) is 1.68. The van der Waals surface area contributed by atoms with Crippen molar-refractivity contribution in [2.24, 2.45) is 0 Å². The minimum absolute atomic E-state index is 0.222. The van der Waals surface area contributed by atoms with Gasteiger partial charge >= 0.3 is 0 Å². The molecule has 64 valence electrons. The van der Waals surface area contributed by atoms with Crippen molar-refractivity contribution < 1.29 is 4.79 Å². The zero-order valence-electron chi connectivity index (χ0n) is 6.61. The zero-order chi connectivity index (χ0) is 8.81. The average Bonchev–Trinajstić information content (AvgIpc) is 2.90. The molecule has 1 aromatic heterocycles. The molecule has 0 aliphatic heterocycles. The van der Waals surface area contributed by atoms with E-state index in [1.807, 2.05) is 12.3 Å². The second-order valence-electron chi connectivity index (χ2n) is 2.62. The lowest BCUT2D eigenvalue weighted by Gasteiger charge is -1.91. The molecular weight excluding hydrogens is 174 g/mol. The van der Waals surface area contributed by atoms with E-state index in [9.17, 15) is 0 Å². The van der Waals surface area contributed by atoms with E-state index in [1.54, 1.807) is 0 Å². The van der Waals surface area contributed by atoms with Crippen molar-refractivity contribution in [2.45, 2.75) is 18.8 Å². The lowest BCUT2D eigenvalue weighted by atomic mass is 10.3. The first-order valence-corrected chi connectivity index (χ1v) is 4.27. The topological polar surface area (TPSA) is 30.0 Å². The van der Waals surface area contributed by atoms with Crippen molar-refractivity contribution in [1.82, 2.24) is 4.98 Å². The standard InChI is InChI=1S/C8H9N.CHClO/c1-2-6-9-8(3-1)7-4-5-7;2-1-3/h1-3,6-7H,4-5H2;1H. The maximum atomic E-state index is 8.57. The Morgan fingerprint density at radius 3 is 2.58 bits per heavy atom. The van der Waals surface area contributed by atoms with Gasteiger partial charge in [0.15, 0.2) is 0 Å². The second kappa shape index (κ2) is 4.88. The van der Waals surface area contributed by atoms with E-state index in [1.165, 1.54) is 18.5 Å². The number of halogens is 1. The summed E-state index contributed by atoms with van der Waals surface area (Å²) in [5.41, 5.74) is 1.28.